The van der Waals surface area contributed by atoms with Crippen molar-refractivity contribution in [3.05, 3.63) is 21.4 Å². The SMILES string of the molecule is NC(=O)c1scc2c1CCC2. The van der Waals surface area contributed by atoms with Gasteiger partial charge in [-0.15, -0.1) is 11.3 Å². The Morgan fingerprint density at radius 1 is 1.55 bits per heavy atom. The minimum Gasteiger partial charge on any atom is -0.365 e. The van der Waals surface area contributed by atoms with Gasteiger partial charge < -0.3 is 5.73 Å². The van der Waals surface area contributed by atoms with Crippen molar-refractivity contribution in [1.29, 1.82) is 0 Å². The molecule has 0 aliphatic heterocycles. The highest BCUT2D eigenvalue weighted by molar-refractivity contribution is 7.12. The zero-order valence-electron chi connectivity index (χ0n) is 6.09. The molecule has 0 saturated carbocycles. The smallest absolute Gasteiger partial charge is 0.259 e. The van der Waals surface area contributed by atoms with Crippen molar-refractivity contribution in [2.45, 2.75) is 19.3 Å². The molecule has 1 aromatic heterocycles. The molecule has 58 valence electrons. The summed E-state index contributed by atoms with van der Waals surface area (Å²) in [4.78, 5) is 11.6. The van der Waals surface area contributed by atoms with E-state index in [4.69, 9.17) is 5.73 Å². The van der Waals surface area contributed by atoms with Crippen LogP contribution in [0.15, 0.2) is 5.38 Å². The first-order chi connectivity index (χ1) is 5.29. The van der Waals surface area contributed by atoms with Crippen molar-refractivity contribution in [3.8, 4) is 0 Å². The first-order valence-corrected chi connectivity index (χ1v) is 4.56. The number of carbonyl (C=O) groups excluding carboxylic acids is 1. The molecule has 1 amide bonds. The van der Waals surface area contributed by atoms with Crippen molar-refractivity contribution in [2.24, 2.45) is 5.73 Å². The maximum atomic E-state index is 10.9. The van der Waals surface area contributed by atoms with E-state index in [0.717, 1.165) is 17.7 Å². The Labute approximate surface area is 69.0 Å². The highest BCUT2D eigenvalue weighted by Gasteiger charge is 2.19. The molecule has 1 aliphatic rings. The second-order valence-electron chi connectivity index (χ2n) is 2.79. The number of nitrogens with two attached hydrogens (primary N) is 1. The Morgan fingerprint density at radius 3 is 3.09 bits per heavy atom. The van der Waals surface area contributed by atoms with Crippen molar-refractivity contribution in [2.75, 3.05) is 0 Å². The standard InChI is InChI=1S/C8H9NOS/c9-8(10)7-6-3-1-2-5(6)4-11-7/h4H,1-3H2,(H2,9,10). The summed E-state index contributed by atoms with van der Waals surface area (Å²) in [5.41, 5.74) is 7.75. The molecule has 0 fully saturated rings. The highest BCUT2D eigenvalue weighted by Crippen LogP contribution is 2.30. The number of primary amides is 1. The second kappa shape index (κ2) is 2.34. The van der Waals surface area contributed by atoms with Gasteiger partial charge in [0.05, 0.1) is 4.88 Å². The van der Waals surface area contributed by atoms with Crippen molar-refractivity contribution in [1.82, 2.24) is 0 Å². The van der Waals surface area contributed by atoms with Gasteiger partial charge in [0.1, 0.15) is 0 Å². The van der Waals surface area contributed by atoms with Gasteiger partial charge in [-0.3, -0.25) is 4.79 Å². The molecular formula is C8H9NOS. The molecule has 0 radical (unpaired) electrons. The average Bonchev–Trinajstić information content (AvgIpc) is 2.41. The maximum Gasteiger partial charge on any atom is 0.259 e. The van der Waals surface area contributed by atoms with Crippen molar-refractivity contribution < 1.29 is 4.79 Å². The molecule has 0 aromatic carbocycles. The van der Waals surface area contributed by atoms with Gasteiger partial charge in [0.25, 0.3) is 5.91 Å². The number of fused-ring (bicyclic) bond motifs is 1. The molecule has 2 nitrogen and oxygen atoms in total. The van der Waals surface area contributed by atoms with Gasteiger partial charge in [0, 0.05) is 0 Å². The Kier molecular flexibility index (Phi) is 1.46. The number of amides is 1. The number of aryl methyl sites for hydroxylation is 1. The van der Waals surface area contributed by atoms with Crippen molar-refractivity contribution in [3.63, 3.8) is 0 Å². The van der Waals surface area contributed by atoms with Gasteiger partial charge in [-0.25, -0.2) is 0 Å². The molecule has 3 heteroatoms. The maximum absolute atomic E-state index is 10.9. The van der Waals surface area contributed by atoms with E-state index < -0.39 is 0 Å². The predicted octanol–water partition coefficient (Wildman–Crippen LogP) is 1.34. The van der Waals surface area contributed by atoms with E-state index in [0.29, 0.717) is 0 Å². The van der Waals surface area contributed by atoms with Crippen LogP contribution in [0.5, 0.6) is 0 Å². The van der Waals surface area contributed by atoms with E-state index in [1.54, 1.807) is 0 Å². The van der Waals surface area contributed by atoms with Gasteiger partial charge >= 0.3 is 0 Å². The zero-order chi connectivity index (χ0) is 7.84. The van der Waals surface area contributed by atoms with Crippen LogP contribution in [0.2, 0.25) is 0 Å². The number of carbonyl (C=O) groups is 1. The van der Waals surface area contributed by atoms with E-state index in [-0.39, 0.29) is 5.91 Å². The summed E-state index contributed by atoms with van der Waals surface area (Å²) in [6, 6.07) is 0. The van der Waals surface area contributed by atoms with Crippen LogP contribution in [0.25, 0.3) is 0 Å². The van der Waals surface area contributed by atoms with E-state index in [1.807, 2.05) is 0 Å². The lowest BCUT2D eigenvalue weighted by Crippen LogP contribution is -2.10. The minimum atomic E-state index is -0.266. The lowest BCUT2D eigenvalue weighted by molar-refractivity contribution is 0.100. The molecule has 0 bridgehead atoms. The lowest BCUT2D eigenvalue weighted by atomic mass is 10.2. The Bertz CT molecular complexity index is 303. The highest BCUT2D eigenvalue weighted by atomic mass is 32.1. The molecular weight excluding hydrogens is 158 g/mol. The molecule has 2 N–H and O–H groups in total. The third kappa shape index (κ3) is 0.959. The summed E-state index contributed by atoms with van der Waals surface area (Å²) in [7, 11) is 0. The molecule has 0 unspecified atom stereocenters. The number of rotatable bonds is 1. The van der Waals surface area contributed by atoms with Crippen LogP contribution >= 0.6 is 11.3 Å². The molecule has 0 atom stereocenters. The third-order valence-electron chi connectivity index (χ3n) is 2.08. The quantitative estimate of drug-likeness (QED) is 0.673. The largest absolute Gasteiger partial charge is 0.365 e. The average molecular weight is 167 g/mol. The van der Waals surface area contributed by atoms with Crippen LogP contribution in [-0.2, 0) is 12.8 Å². The molecule has 0 spiro atoms. The fourth-order valence-corrected chi connectivity index (χ4v) is 2.58. The van der Waals surface area contributed by atoms with E-state index in [9.17, 15) is 4.79 Å². The number of thiophene rings is 1. The molecule has 1 aliphatic carbocycles. The number of hydrogen-bond donors (Lipinski definition) is 1. The van der Waals surface area contributed by atoms with Crippen LogP contribution in [0.3, 0.4) is 0 Å². The van der Waals surface area contributed by atoms with E-state index in [1.165, 1.54) is 28.9 Å². The summed E-state index contributed by atoms with van der Waals surface area (Å²) in [5, 5.41) is 2.06. The summed E-state index contributed by atoms with van der Waals surface area (Å²) < 4.78 is 0. The lowest BCUT2D eigenvalue weighted by Gasteiger charge is -1.92. The monoisotopic (exact) mass is 167 g/mol. The summed E-state index contributed by atoms with van der Waals surface area (Å²) in [5.74, 6) is -0.266. The van der Waals surface area contributed by atoms with Crippen LogP contribution < -0.4 is 5.73 Å². The summed E-state index contributed by atoms with van der Waals surface area (Å²) >= 11 is 1.49. The predicted molar refractivity (Wildman–Crippen MR) is 44.9 cm³/mol. The minimum absolute atomic E-state index is 0.266. The fraction of sp³-hybridized carbons (Fsp3) is 0.375. The van der Waals surface area contributed by atoms with E-state index >= 15 is 0 Å². The molecule has 1 aromatic rings. The van der Waals surface area contributed by atoms with Gasteiger partial charge in [-0.1, -0.05) is 0 Å². The summed E-state index contributed by atoms with van der Waals surface area (Å²) in [6.07, 6.45) is 3.34. The van der Waals surface area contributed by atoms with Gasteiger partial charge in [-0.2, -0.15) is 0 Å². The second-order valence-corrected chi connectivity index (χ2v) is 3.67. The van der Waals surface area contributed by atoms with Crippen LogP contribution in [0.1, 0.15) is 27.2 Å². The third-order valence-corrected chi connectivity index (χ3v) is 3.16. The first kappa shape index (κ1) is 6.85. The fourth-order valence-electron chi connectivity index (χ4n) is 1.56. The molecule has 1 heterocycles. The number of hydrogen-bond acceptors (Lipinski definition) is 2. The van der Waals surface area contributed by atoms with Crippen LogP contribution in [0.4, 0.5) is 0 Å². The van der Waals surface area contributed by atoms with Crippen LogP contribution in [-0.4, -0.2) is 5.91 Å². The molecule has 11 heavy (non-hydrogen) atoms. The van der Waals surface area contributed by atoms with Gasteiger partial charge in [0.15, 0.2) is 0 Å². The van der Waals surface area contributed by atoms with Crippen LogP contribution in [0, 0.1) is 0 Å². The normalized spacial score (nSPS) is 14.9. The zero-order valence-corrected chi connectivity index (χ0v) is 6.91. The topological polar surface area (TPSA) is 43.1 Å². The van der Waals surface area contributed by atoms with E-state index in [2.05, 4.69) is 5.38 Å². The first-order valence-electron chi connectivity index (χ1n) is 3.68. The Balaban J connectivity index is 2.50. The molecule has 0 saturated heterocycles. The Morgan fingerprint density at radius 2 is 2.36 bits per heavy atom. The Hall–Kier alpha value is -0.830. The van der Waals surface area contributed by atoms with Crippen molar-refractivity contribution >= 4 is 17.2 Å². The molecule has 2 rings (SSSR count). The summed E-state index contributed by atoms with van der Waals surface area (Å²) in [6.45, 7) is 0. The van der Waals surface area contributed by atoms with Gasteiger partial charge in [0.2, 0.25) is 0 Å². The van der Waals surface area contributed by atoms with Gasteiger partial charge in [-0.05, 0) is 35.8 Å².